The van der Waals surface area contributed by atoms with Gasteiger partial charge in [0.15, 0.2) is 5.82 Å². The first-order valence-corrected chi connectivity index (χ1v) is 8.10. The van der Waals surface area contributed by atoms with Crippen LogP contribution in [-0.4, -0.2) is 14.8 Å². The molecule has 5 nitrogen and oxygen atoms in total. The van der Waals surface area contributed by atoms with E-state index in [1.807, 2.05) is 30.3 Å². The van der Waals surface area contributed by atoms with Gasteiger partial charge in [-0.15, -0.1) is 0 Å². The molecule has 0 saturated carbocycles. The Labute approximate surface area is 153 Å². The first-order valence-electron chi connectivity index (χ1n) is 8.10. The number of nitrogens with zero attached hydrogens (tertiary/aromatic N) is 4. The van der Waals surface area contributed by atoms with Gasteiger partial charge in [-0.1, -0.05) is 24.3 Å². The lowest BCUT2D eigenvalue weighted by Gasteiger charge is -2.27. The molecule has 1 aromatic heterocycles. The van der Waals surface area contributed by atoms with Crippen LogP contribution in [0.5, 0.6) is 0 Å². The number of hydrogen-bond donors (Lipinski definition) is 1. The maximum Gasteiger partial charge on any atom is 0.416 e. The van der Waals surface area contributed by atoms with Crippen molar-refractivity contribution in [1.29, 1.82) is 0 Å². The van der Waals surface area contributed by atoms with E-state index < -0.39 is 11.7 Å². The van der Waals surface area contributed by atoms with Crippen molar-refractivity contribution >= 4 is 11.4 Å². The van der Waals surface area contributed by atoms with E-state index in [0.717, 1.165) is 17.8 Å². The number of halogens is 3. The molecule has 0 amide bonds. The highest BCUT2D eigenvalue weighted by atomic mass is 19.4. The minimum Gasteiger partial charge on any atom is -0.291 e. The van der Waals surface area contributed by atoms with Gasteiger partial charge in [-0.3, -0.25) is 10.4 Å². The Kier molecular flexibility index (Phi) is 4.15. The van der Waals surface area contributed by atoms with Crippen molar-refractivity contribution in [2.75, 3.05) is 5.01 Å². The minimum atomic E-state index is -4.40. The zero-order valence-electron chi connectivity index (χ0n) is 13.9. The van der Waals surface area contributed by atoms with Crippen molar-refractivity contribution in [3.63, 3.8) is 0 Å². The van der Waals surface area contributed by atoms with E-state index in [0.29, 0.717) is 17.2 Å². The monoisotopic (exact) mass is 369 g/mol. The van der Waals surface area contributed by atoms with Crippen LogP contribution in [0.15, 0.2) is 79.3 Å². The van der Waals surface area contributed by atoms with Gasteiger partial charge in [0.25, 0.3) is 0 Å². The molecular weight excluding hydrogens is 355 g/mol. The number of benzene rings is 2. The van der Waals surface area contributed by atoms with Crippen LogP contribution < -0.4 is 10.4 Å². The third-order valence-electron chi connectivity index (χ3n) is 3.98. The van der Waals surface area contributed by atoms with Gasteiger partial charge in [0.2, 0.25) is 0 Å². The van der Waals surface area contributed by atoms with E-state index in [1.165, 1.54) is 17.4 Å². The van der Waals surface area contributed by atoms with Crippen molar-refractivity contribution in [2.45, 2.75) is 6.18 Å². The minimum absolute atomic E-state index is 0.359. The fraction of sp³-hybridized carbons (Fsp3) is 0.0526. The first-order chi connectivity index (χ1) is 13.0. The van der Waals surface area contributed by atoms with E-state index >= 15 is 0 Å². The van der Waals surface area contributed by atoms with Crippen molar-refractivity contribution in [2.24, 2.45) is 0 Å². The van der Waals surface area contributed by atoms with Gasteiger partial charge in [0, 0.05) is 6.20 Å². The summed E-state index contributed by atoms with van der Waals surface area (Å²) in [6.07, 6.45) is 2.19. The Morgan fingerprint density at radius 3 is 2.48 bits per heavy atom. The molecular formula is C19H14F3N5. The molecule has 8 heteroatoms. The Hall–Kier alpha value is -3.55. The highest BCUT2D eigenvalue weighted by Gasteiger charge is 2.31. The zero-order valence-corrected chi connectivity index (χ0v) is 13.9. The fourth-order valence-corrected chi connectivity index (χ4v) is 2.72. The van der Waals surface area contributed by atoms with E-state index in [2.05, 4.69) is 15.5 Å². The summed E-state index contributed by atoms with van der Waals surface area (Å²) in [6, 6.07) is 14.6. The summed E-state index contributed by atoms with van der Waals surface area (Å²) in [6.45, 7) is 0. The summed E-state index contributed by atoms with van der Waals surface area (Å²) in [7, 11) is 0. The van der Waals surface area contributed by atoms with Crippen LogP contribution in [0.4, 0.5) is 18.9 Å². The van der Waals surface area contributed by atoms with E-state index in [1.54, 1.807) is 29.1 Å². The maximum absolute atomic E-state index is 13.0. The number of alkyl halides is 3. The molecule has 27 heavy (non-hydrogen) atoms. The third kappa shape index (κ3) is 3.41. The molecule has 136 valence electrons. The van der Waals surface area contributed by atoms with Gasteiger partial charge in [0.05, 0.1) is 22.6 Å². The third-order valence-corrected chi connectivity index (χ3v) is 3.98. The molecule has 0 unspecified atom stereocenters. The number of anilines is 1. The van der Waals surface area contributed by atoms with Crippen molar-refractivity contribution < 1.29 is 13.2 Å². The lowest BCUT2D eigenvalue weighted by Crippen LogP contribution is -2.34. The number of rotatable bonds is 3. The van der Waals surface area contributed by atoms with Crippen LogP contribution in [-0.2, 0) is 6.18 Å². The number of hydrogen-bond acceptors (Lipinski definition) is 4. The molecule has 0 spiro atoms. The lowest BCUT2D eigenvalue weighted by atomic mass is 10.2. The van der Waals surface area contributed by atoms with E-state index in [4.69, 9.17) is 0 Å². The Balaban J connectivity index is 1.63. The van der Waals surface area contributed by atoms with Gasteiger partial charge in [-0.25, -0.2) is 9.67 Å². The van der Waals surface area contributed by atoms with Crippen LogP contribution in [0.1, 0.15) is 11.4 Å². The quantitative estimate of drug-likeness (QED) is 0.753. The molecule has 0 aliphatic carbocycles. The van der Waals surface area contributed by atoms with Gasteiger partial charge < -0.3 is 0 Å². The summed E-state index contributed by atoms with van der Waals surface area (Å²) in [5, 5.41) is 5.75. The molecule has 0 bridgehead atoms. The molecule has 0 atom stereocenters. The second-order valence-electron chi connectivity index (χ2n) is 5.78. The molecule has 4 rings (SSSR count). The Morgan fingerprint density at radius 1 is 0.926 bits per heavy atom. The predicted molar refractivity (Wildman–Crippen MR) is 95.5 cm³/mol. The molecule has 1 aliphatic heterocycles. The molecule has 2 heterocycles. The smallest absolute Gasteiger partial charge is 0.291 e. The van der Waals surface area contributed by atoms with E-state index in [9.17, 15) is 13.2 Å². The second-order valence-corrected chi connectivity index (χ2v) is 5.78. The topological polar surface area (TPSA) is 46.0 Å². The summed E-state index contributed by atoms with van der Waals surface area (Å²) < 4.78 is 40.6. The number of aromatic nitrogens is 3. The normalized spacial score (nSPS) is 14.0. The SMILES string of the molecule is FC(F)(F)c1cccc(N2C=CC=C(c3ncnn3-c3ccccc3)N2)c1. The van der Waals surface area contributed by atoms with Crippen molar-refractivity contribution in [3.8, 4) is 5.69 Å². The number of nitrogens with one attached hydrogen (secondary N) is 1. The Morgan fingerprint density at radius 2 is 1.70 bits per heavy atom. The van der Waals surface area contributed by atoms with E-state index in [-0.39, 0.29) is 0 Å². The lowest BCUT2D eigenvalue weighted by molar-refractivity contribution is -0.137. The second kappa shape index (κ2) is 6.64. The number of hydrazine groups is 1. The number of allylic oxidation sites excluding steroid dienone is 2. The van der Waals surface area contributed by atoms with Gasteiger partial charge in [0.1, 0.15) is 6.33 Å². The average Bonchev–Trinajstić information content (AvgIpc) is 3.18. The molecule has 3 aromatic rings. The highest BCUT2D eigenvalue weighted by molar-refractivity contribution is 5.67. The molecule has 1 N–H and O–H groups in total. The van der Waals surface area contributed by atoms with Crippen molar-refractivity contribution in [3.05, 3.63) is 90.7 Å². The van der Waals surface area contributed by atoms with Gasteiger partial charge in [-0.05, 0) is 42.5 Å². The van der Waals surface area contributed by atoms with Crippen LogP contribution in [0, 0.1) is 0 Å². The molecule has 2 aromatic carbocycles. The summed E-state index contributed by atoms with van der Waals surface area (Å²) in [4.78, 5) is 4.28. The Bertz CT molecular complexity index is 1010. The highest BCUT2D eigenvalue weighted by Crippen LogP contribution is 2.32. The van der Waals surface area contributed by atoms with Crippen LogP contribution in [0.25, 0.3) is 11.4 Å². The summed E-state index contributed by atoms with van der Waals surface area (Å²) >= 11 is 0. The largest absolute Gasteiger partial charge is 0.416 e. The van der Waals surface area contributed by atoms with Gasteiger partial charge in [-0.2, -0.15) is 18.3 Å². The standard InChI is InChI=1S/C19H14F3N5/c20-19(21,22)14-6-4-9-16(12-14)26-11-5-10-17(25-26)18-23-13-24-27(18)15-7-2-1-3-8-15/h1-13,25H. The van der Waals surface area contributed by atoms with Crippen LogP contribution in [0.2, 0.25) is 0 Å². The maximum atomic E-state index is 13.0. The van der Waals surface area contributed by atoms with Gasteiger partial charge >= 0.3 is 6.18 Å². The van der Waals surface area contributed by atoms with Crippen LogP contribution >= 0.6 is 0 Å². The number of para-hydroxylation sites is 1. The predicted octanol–water partition coefficient (Wildman–Crippen LogP) is 4.17. The average molecular weight is 369 g/mol. The summed E-state index contributed by atoms with van der Waals surface area (Å²) in [5.41, 5.74) is 4.16. The summed E-state index contributed by atoms with van der Waals surface area (Å²) in [5.74, 6) is 0.544. The van der Waals surface area contributed by atoms with Crippen molar-refractivity contribution in [1.82, 2.24) is 20.2 Å². The molecule has 0 fully saturated rings. The zero-order chi connectivity index (χ0) is 18.9. The first kappa shape index (κ1) is 16.9. The molecule has 0 radical (unpaired) electrons. The van der Waals surface area contributed by atoms with Crippen LogP contribution in [0.3, 0.4) is 0 Å². The fourth-order valence-electron chi connectivity index (χ4n) is 2.72. The molecule has 1 aliphatic rings. The molecule has 0 saturated heterocycles.